The van der Waals surface area contributed by atoms with E-state index in [2.05, 4.69) is 0 Å². The first-order valence-corrected chi connectivity index (χ1v) is 3.40. The number of H-pyrrole nitrogens is 3. The van der Waals surface area contributed by atoms with Gasteiger partial charge in [-0.1, -0.05) is 0 Å². The number of hydrogen-bond acceptors (Lipinski definition) is 4. The van der Waals surface area contributed by atoms with Crippen LogP contribution >= 0.6 is 8.69 Å². The number of nitrogens with one attached hydrogen (secondary N) is 3. The first-order chi connectivity index (χ1) is 5.60. The van der Waals surface area contributed by atoms with Gasteiger partial charge in [0, 0.05) is 17.4 Å². The normalized spacial score (nSPS) is 8.08. The van der Waals surface area contributed by atoms with Gasteiger partial charge in [0.1, 0.15) is 0 Å². The topological polar surface area (TPSA) is 136 Å². The molecule has 4 N–H and O–H groups in total. The highest BCUT2D eigenvalue weighted by Gasteiger charge is 1.84. The summed E-state index contributed by atoms with van der Waals surface area (Å²) in [5.41, 5.74) is -2.41. The molecule has 0 saturated carbocycles. The van der Waals surface area contributed by atoms with Crippen molar-refractivity contribution in [1.29, 1.82) is 0 Å². The van der Waals surface area contributed by atoms with Crippen LogP contribution < -0.4 is 17.1 Å². The molecule has 69 valence electrons. The van der Waals surface area contributed by atoms with Gasteiger partial charge in [0.05, 0.1) is 0 Å². The van der Waals surface area contributed by atoms with E-state index in [0.29, 0.717) is 0 Å². The minimum absolute atomic E-state index is 0. The lowest BCUT2D eigenvalue weighted by molar-refractivity contribution is 0.524. The Labute approximate surface area is 82.5 Å². The zero-order valence-electron chi connectivity index (χ0n) is 6.16. The van der Waals surface area contributed by atoms with Crippen molar-refractivity contribution >= 4 is 26.0 Å². The van der Waals surface area contributed by atoms with Gasteiger partial charge in [-0.2, -0.15) is 4.89 Å². The monoisotopic (exact) mass is 221 g/mol. The second kappa shape index (κ2) is 7.64. The Morgan fingerprint density at radius 3 is 1.23 bits per heavy atom. The SMILES string of the molecule is O=[PH+]O.O=c1[nH]c(=O)[nH]c(=O)[nH]1.[Al]. The average molecular weight is 221 g/mol. The number of aromatic amines is 3. The second-order valence-electron chi connectivity index (χ2n) is 1.45. The van der Waals surface area contributed by atoms with E-state index in [1.54, 1.807) is 15.0 Å². The summed E-state index contributed by atoms with van der Waals surface area (Å²) in [6, 6.07) is 0. The summed E-state index contributed by atoms with van der Waals surface area (Å²) < 4.78 is 8.51. The van der Waals surface area contributed by atoms with Crippen molar-refractivity contribution in [2.45, 2.75) is 0 Å². The third-order valence-corrected chi connectivity index (χ3v) is 0.681. The lowest BCUT2D eigenvalue weighted by Crippen LogP contribution is -2.34. The summed E-state index contributed by atoms with van der Waals surface area (Å²) in [5, 5.41) is 0. The fourth-order valence-corrected chi connectivity index (χ4v) is 0.403. The largest absolute Gasteiger partial charge is 0.491 e. The molecule has 0 aliphatic heterocycles. The summed E-state index contributed by atoms with van der Waals surface area (Å²) in [6.07, 6.45) is 0. The molecule has 0 spiro atoms. The maximum atomic E-state index is 10.2. The van der Waals surface area contributed by atoms with Crippen molar-refractivity contribution in [3.8, 4) is 0 Å². The van der Waals surface area contributed by atoms with Crippen LogP contribution in [0, 0.1) is 0 Å². The smallest absolute Gasteiger partial charge is 0.259 e. The molecule has 1 atom stereocenters. The Hall–Kier alpha value is -0.998. The maximum Gasteiger partial charge on any atom is 0.491 e. The second-order valence-corrected chi connectivity index (χ2v) is 1.64. The Morgan fingerprint density at radius 2 is 1.08 bits per heavy atom. The van der Waals surface area contributed by atoms with E-state index in [0.717, 1.165) is 0 Å². The molecule has 1 heterocycles. The van der Waals surface area contributed by atoms with Crippen LogP contribution in [0.1, 0.15) is 0 Å². The van der Waals surface area contributed by atoms with Crippen molar-refractivity contribution in [2.24, 2.45) is 0 Å². The van der Waals surface area contributed by atoms with Crippen LogP contribution in [0.4, 0.5) is 0 Å². The van der Waals surface area contributed by atoms with Gasteiger partial charge < -0.3 is 0 Å². The zero-order valence-corrected chi connectivity index (χ0v) is 8.31. The molecule has 0 saturated heterocycles. The van der Waals surface area contributed by atoms with E-state index in [9.17, 15) is 14.4 Å². The molecule has 0 aliphatic carbocycles. The van der Waals surface area contributed by atoms with Gasteiger partial charge in [-0.05, 0) is 4.57 Å². The van der Waals surface area contributed by atoms with E-state index in [4.69, 9.17) is 9.46 Å². The highest BCUT2D eigenvalue weighted by molar-refractivity contribution is 7.16. The maximum absolute atomic E-state index is 10.2. The summed E-state index contributed by atoms with van der Waals surface area (Å²) in [5.74, 6) is 0. The van der Waals surface area contributed by atoms with Crippen LogP contribution in [-0.4, -0.2) is 37.2 Å². The molecule has 0 aromatic carbocycles. The molecule has 1 aromatic heterocycles. The van der Waals surface area contributed by atoms with Crippen LogP contribution in [0.3, 0.4) is 0 Å². The molecule has 3 radical (unpaired) electrons. The quantitative estimate of drug-likeness (QED) is 0.279. The Balaban J connectivity index is 0. The first kappa shape index (κ1) is 14.5. The molecular formula is C3H5AlN3O5P+. The summed E-state index contributed by atoms with van der Waals surface area (Å²) in [7, 11) is -1.17. The molecule has 1 unspecified atom stereocenters. The van der Waals surface area contributed by atoms with Gasteiger partial charge in [0.25, 0.3) is 0 Å². The number of rotatable bonds is 0. The molecule has 13 heavy (non-hydrogen) atoms. The van der Waals surface area contributed by atoms with E-state index in [1.807, 2.05) is 0 Å². The standard InChI is InChI=1S/C3H3N3O3.Al.HO2P/c7-1-4-2(8)6-3(9)5-1;;1-3-2/h(H3,4,5,6,7,8,9);;3H/p+1. The lowest BCUT2D eigenvalue weighted by Gasteiger charge is -1.77. The lowest BCUT2D eigenvalue weighted by atomic mass is 11.0. The van der Waals surface area contributed by atoms with E-state index < -0.39 is 25.8 Å². The van der Waals surface area contributed by atoms with Gasteiger partial charge in [0.2, 0.25) is 0 Å². The highest BCUT2D eigenvalue weighted by Crippen LogP contribution is 1.66. The van der Waals surface area contributed by atoms with Crippen molar-refractivity contribution < 1.29 is 9.46 Å². The van der Waals surface area contributed by atoms with E-state index in [-0.39, 0.29) is 17.4 Å². The molecule has 1 aromatic rings. The summed E-state index contributed by atoms with van der Waals surface area (Å²) in [6.45, 7) is 0. The van der Waals surface area contributed by atoms with Crippen molar-refractivity contribution in [1.82, 2.24) is 15.0 Å². The fourth-order valence-electron chi connectivity index (χ4n) is 0.403. The minimum Gasteiger partial charge on any atom is -0.259 e. The van der Waals surface area contributed by atoms with E-state index in [1.165, 1.54) is 0 Å². The highest BCUT2D eigenvalue weighted by atomic mass is 31.1. The molecule has 10 heteroatoms. The fraction of sp³-hybridized carbons (Fsp3) is 0. The predicted octanol–water partition coefficient (Wildman–Crippen LogP) is -2.71. The molecule has 0 bridgehead atoms. The third-order valence-electron chi connectivity index (χ3n) is 0.681. The van der Waals surface area contributed by atoms with Crippen molar-refractivity contribution in [2.75, 3.05) is 0 Å². The van der Waals surface area contributed by atoms with Crippen molar-refractivity contribution in [3.63, 3.8) is 0 Å². The Morgan fingerprint density at radius 1 is 0.923 bits per heavy atom. The van der Waals surface area contributed by atoms with Crippen LogP contribution in [0.2, 0.25) is 0 Å². The van der Waals surface area contributed by atoms with E-state index >= 15 is 0 Å². The third kappa shape index (κ3) is 7.37. The van der Waals surface area contributed by atoms with Gasteiger partial charge >= 0.3 is 25.8 Å². The van der Waals surface area contributed by atoms with Gasteiger partial charge in [-0.3, -0.25) is 15.0 Å². The van der Waals surface area contributed by atoms with Gasteiger partial charge in [-0.25, -0.2) is 14.4 Å². The van der Waals surface area contributed by atoms with Gasteiger partial charge in [-0.15, -0.1) is 0 Å². The van der Waals surface area contributed by atoms with Crippen LogP contribution in [0.15, 0.2) is 14.4 Å². The van der Waals surface area contributed by atoms with Crippen LogP contribution in [-0.2, 0) is 4.57 Å². The number of hydrogen-bond donors (Lipinski definition) is 4. The average Bonchev–Trinajstić information content (AvgIpc) is 1.84. The summed E-state index contributed by atoms with van der Waals surface area (Å²) >= 11 is 0. The van der Waals surface area contributed by atoms with Crippen LogP contribution in [0.25, 0.3) is 0 Å². The molecular weight excluding hydrogens is 216 g/mol. The Bertz CT molecular complexity index is 328. The minimum atomic E-state index is -1.17. The first-order valence-electron chi connectivity index (χ1n) is 2.54. The summed E-state index contributed by atoms with van der Waals surface area (Å²) in [4.78, 5) is 42.9. The molecule has 8 nitrogen and oxygen atoms in total. The van der Waals surface area contributed by atoms with Crippen molar-refractivity contribution in [3.05, 3.63) is 31.5 Å². The van der Waals surface area contributed by atoms with Crippen LogP contribution in [0.5, 0.6) is 0 Å². The zero-order chi connectivity index (χ0) is 9.56. The molecule has 0 amide bonds. The number of aromatic nitrogens is 3. The molecule has 0 fully saturated rings. The molecule has 1 rings (SSSR count). The van der Waals surface area contributed by atoms with Gasteiger partial charge in [0.15, 0.2) is 0 Å². The predicted molar refractivity (Wildman–Crippen MR) is 45.3 cm³/mol. The Kier molecular flexibility index (Phi) is 8.54. The molecule has 0 aliphatic rings.